The first-order valence-electron chi connectivity index (χ1n) is 7.99. The minimum Gasteiger partial charge on any atom is -0.314 e. The van der Waals surface area contributed by atoms with Gasteiger partial charge in [0.2, 0.25) is 0 Å². The molecule has 2 heterocycles. The number of carbonyl (C=O) groups excluding carboxylic acids is 1. The highest BCUT2D eigenvalue weighted by atomic mass is 16.1. The van der Waals surface area contributed by atoms with Crippen molar-refractivity contribution < 1.29 is 4.79 Å². The number of nitrogens with zero attached hydrogens (tertiary/aromatic N) is 1. The molecule has 0 N–H and O–H groups in total. The minimum absolute atomic E-state index is 0.0829. The first kappa shape index (κ1) is 15.5. The SMILES string of the molecule is Cc1ccn2c(C=O)c(-c3cc(C(C)(C)C)ccc3C)cc2c1. The van der Waals surface area contributed by atoms with E-state index in [1.807, 2.05) is 16.7 Å². The predicted molar refractivity (Wildman–Crippen MR) is 96.4 cm³/mol. The van der Waals surface area contributed by atoms with Crippen LogP contribution in [0.4, 0.5) is 0 Å². The Bertz CT molecular complexity index is 894. The van der Waals surface area contributed by atoms with Gasteiger partial charge in [0, 0.05) is 17.3 Å². The monoisotopic (exact) mass is 305 g/mol. The molecule has 0 amide bonds. The number of pyridine rings is 1. The summed E-state index contributed by atoms with van der Waals surface area (Å²) in [5.41, 5.74) is 7.67. The van der Waals surface area contributed by atoms with E-state index >= 15 is 0 Å². The second-order valence-electron chi connectivity index (χ2n) is 7.34. The van der Waals surface area contributed by atoms with E-state index in [-0.39, 0.29) is 5.41 Å². The average Bonchev–Trinajstić information content (AvgIpc) is 2.83. The van der Waals surface area contributed by atoms with Crippen molar-refractivity contribution in [3.8, 4) is 11.1 Å². The van der Waals surface area contributed by atoms with E-state index in [0.717, 1.165) is 22.9 Å². The van der Waals surface area contributed by atoms with Crippen molar-refractivity contribution in [1.82, 2.24) is 4.40 Å². The average molecular weight is 305 g/mol. The van der Waals surface area contributed by atoms with Gasteiger partial charge >= 0.3 is 0 Å². The largest absolute Gasteiger partial charge is 0.314 e. The van der Waals surface area contributed by atoms with Gasteiger partial charge in [-0.3, -0.25) is 4.79 Å². The quantitative estimate of drug-likeness (QED) is 0.586. The maximum absolute atomic E-state index is 11.7. The lowest BCUT2D eigenvalue weighted by Crippen LogP contribution is -2.11. The van der Waals surface area contributed by atoms with Crippen LogP contribution in [0.25, 0.3) is 16.6 Å². The highest BCUT2D eigenvalue weighted by Gasteiger charge is 2.18. The normalized spacial score (nSPS) is 11.9. The zero-order chi connectivity index (χ0) is 16.8. The molecule has 0 saturated heterocycles. The lowest BCUT2D eigenvalue weighted by molar-refractivity contribution is 0.111. The topological polar surface area (TPSA) is 21.5 Å². The zero-order valence-corrected chi connectivity index (χ0v) is 14.5. The van der Waals surface area contributed by atoms with Crippen molar-refractivity contribution in [3.05, 3.63) is 65.0 Å². The van der Waals surface area contributed by atoms with Gasteiger partial charge in [-0.15, -0.1) is 0 Å². The van der Waals surface area contributed by atoms with E-state index in [0.29, 0.717) is 5.69 Å². The summed E-state index contributed by atoms with van der Waals surface area (Å²) >= 11 is 0. The third-order valence-electron chi connectivity index (χ3n) is 4.47. The maximum Gasteiger partial charge on any atom is 0.167 e. The summed E-state index contributed by atoms with van der Waals surface area (Å²) in [6.45, 7) is 10.8. The van der Waals surface area contributed by atoms with Crippen LogP contribution in [0, 0.1) is 13.8 Å². The molecule has 118 valence electrons. The Balaban J connectivity index is 2.30. The van der Waals surface area contributed by atoms with Crippen LogP contribution in [0.1, 0.15) is 48.0 Å². The van der Waals surface area contributed by atoms with Gasteiger partial charge in [0.05, 0.1) is 5.69 Å². The number of carbonyl (C=O) groups is 1. The molecule has 0 saturated carbocycles. The van der Waals surface area contributed by atoms with Crippen LogP contribution in [0.5, 0.6) is 0 Å². The first-order chi connectivity index (χ1) is 10.8. The van der Waals surface area contributed by atoms with E-state index in [1.54, 1.807) is 0 Å². The fourth-order valence-corrected chi connectivity index (χ4v) is 3.03. The van der Waals surface area contributed by atoms with Gasteiger partial charge in [0.25, 0.3) is 0 Å². The zero-order valence-electron chi connectivity index (χ0n) is 14.5. The smallest absolute Gasteiger partial charge is 0.167 e. The molecule has 0 aliphatic carbocycles. The van der Waals surface area contributed by atoms with Crippen molar-refractivity contribution in [3.63, 3.8) is 0 Å². The van der Waals surface area contributed by atoms with Gasteiger partial charge in [-0.05, 0) is 59.7 Å². The molecule has 2 nitrogen and oxygen atoms in total. The van der Waals surface area contributed by atoms with Crippen molar-refractivity contribution >= 4 is 11.8 Å². The molecule has 2 heteroatoms. The third-order valence-corrected chi connectivity index (χ3v) is 4.47. The van der Waals surface area contributed by atoms with E-state index in [4.69, 9.17) is 0 Å². The molecule has 0 fully saturated rings. The number of aromatic nitrogens is 1. The van der Waals surface area contributed by atoms with Gasteiger partial charge in [-0.2, -0.15) is 0 Å². The standard InChI is InChI=1S/C21H23NO/c1-14-8-9-22-17(10-14)12-19(20(22)13-23)18-11-16(21(3,4)5)7-6-15(18)2/h6-13H,1-5H3. The summed E-state index contributed by atoms with van der Waals surface area (Å²) in [6.07, 6.45) is 2.93. The van der Waals surface area contributed by atoms with E-state index in [9.17, 15) is 4.79 Å². The number of rotatable bonds is 2. The Morgan fingerprint density at radius 2 is 1.70 bits per heavy atom. The molecule has 3 rings (SSSR count). The molecule has 0 unspecified atom stereocenters. The lowest BCUT2D eigenvalue weighted by Gasteiger charge is -2.20. The van der Waals surface area contributed by atoms with Crippen LogP contribution in [-0.4, -0.2) is 10.7 Å². The van der Waals surface area contributed by atoms with Crippen molar-refractivity contribution in [2.24, 2.45) is 0 Å². The highest BCUT2D eigenvalue weighted by molar-refractivity contribution is 5.91. The van der Waals surface area contributed by atoms with Crippen molar-refractivity contribution in [2.75, 3.05) is 0 Å². The fourth-order valence-electron chi connectivity index (χ4n) is 3.03. The summed E-state index contributed by atoms with van der Waals surface area (Å²) in [5, 5.41) is 0. The molecule has 0 bridgehead atoms. The van der Waals surface area contributed by atoms with Gasteiger partial charge in [-0.1, -0.05) is 39.0 Å². The number of aryl methyl sites for hydroxylation is 2. The van der Waals surface area contributed by atoms with Gasteiger partial charge < -0.3 is 4.40 Å². The molecule has 3 aromatic rings. The molecule has 0 radical (unpaired) electrons. The van der Waals surface area contributed by atoms with Crippen LogP contribution < -0.4 is 0 Å². The second kappa shape index (κ2) is 5.38. The lowest BCUT2D eigenvalue weighted by atomic mass is 9.84. The molecule has 2 aromatic heterocycles. The predicted octanol–water partition coefficient (Wildman–Crippen LogP) is 5.33. The van der Waals surface area contributed by atoms with Crippen LogP contribution >= 0.6 is 0 Å². The molecule has 23 heavy (non-hydrogen) atoms. The number of fused-ring (bicyclic) bond motifs is 1. The molecule has 0 aliphatic heterocycles. The number of aldehydes is 1. The highest BCUT2D eigenvalue weighted by Crippen LogP contribution is 2.33. The van der Waals surface area contributed by atoms with Crippen LogP contribution in [0.2, 0.25) is 0 Å². The fraction of sp³-hybridized carbons (Fsp3) is 0.286. The molecule has 0 atom stereocenters. The minimum atomic E-state index is 0.0829. The second-order valence-corrected chi connectivity index (χ2v) is 7.34. The summed E-state index contributed by atoms with van der Waals surface area (Å²) < 4.78 is 1.97. The van der Waals surface area contributed by atoms with Crippen molar-refractivity contribution in [1.29, 1.82) is 0 Å². The summed E-state index contributed by atoms with van der Waals surface area (Å²) in [5.74, 6) is 0. The Morgan fingerprint density at radius 1 is 0.957 bits per heavy atom. The number of benzene rings is 1. The maximum atomic E-state index is 11.7. The molecule has 0 aliphatic rings. The van der Waals surface area contributed by atoms with Crippen LogP contribution in [0.3, 0.4) is 0 Å². The summed E-state index contributed by atoms with van der Waals surface area (Å²) in [4.78, 5) is 11.7. The number of hydrogen-bond donors (Lipinski definition) is 0. The Labute approximate surface area is 137 Å². The third kappa shape index (κ3) is 2.70. The Morgan fingerprint density at radius 3 is 2.35 bits per heavy atom. The van der Waals surface area contributed by atoms with E-state index in [1.165, 1.54) is 16.7 Å². The summed E-state index contributed by atoms with van der Waals surface area (Å²) in [6, 6.07) is 12.8. The molecular formula is C21H23NO. The Kier molecular flexibility index (Phi) is 3.63. The first-order valence-corrected chi connectivity index (χ1v) is 7.99. The molecule has 1 aromatic carbocycles. The van der Waals surface area contributed by atoms with Gasteiger partial charge in [-0.25, -0.2) is 0 Å². The van der Waals surface area contributed by atoms with E-state index in [2.05, 4.69) is 65.0 Å². The Hall–Kier alpha value is -2.35. The van der Waals surface area contributed by atoms with Gasteiger partial charge in [0.15, 0.2) is 6.29 Å². The number of hydrogen-bond acceptors (Lipinski definition) is 1. The van der Waals surface area contributed by atoms with Gasteiger partial charge in [0.1, 0.15) is 0 Å². The molecular weight excluding hydrogens is 282 g/mol. The summed E-state index contributed by atoms with van der Waals surface area (Å²) in [7, 11) is 0. The van der Waals surface area contributed by atoms with Crippen LogP contribution in [-0.2, 0) is 5.41 Å². The van der Waals surface area contributed by atoms with E-state index < -0.39 is 0 Å². The van der Waals surface area contributed by atoms with Crippen LogP contribution in [0.15, 0.2) is 42.6 Å². The van der Waals surface area contributed by atoms with Crippen molar-refractivity contribution in [2.45, 2.75) is 40.0 Å². The molecule has 0 spiro atoms.